The zero-order valence-electron chi connectivity index (χ0n) is 12.6. The van der Waals surface area contributed by atoms with E-state index in [-0.39, 0.29) is 12.5 Å². The number of rotatable bonds is 7. The fourth-order valence-electron chi connectivity index (χ4n) is 1.84. The standard InChI is InChI=1S/C17H15Cl2NO3S/c18-14-4-1-5-15(19)13(14)6-7-17(22)23-11-16(21)20-9-8-12-3-2-10-24-12/h1-7,10H,8-9,11H2,(H,20,21)/b7-6+. The van der Waals surface area contributed by atoms with Crippen molar-refractivity contribution < 1.29 is 14.3 Å². The van der Waals surface area contributed by atoms with Crippen LogP contribution in [0.1, 0.15) is 10.4 Å². The molecule has 4 nitrogen and oxygen atoms in total. The van der Waals surface area contributed by atoms with Gasteiger partial charge in [-0.1, -0.05) is 35.3 Å². The van der Waals surface area contributed by atoms with Crippen molar-refractivity contribution in [1.29, 1.82) is 0 Å². The monoisotopic (exact) mass is 383 g/mol. The Kier molecular flexibility index (Phi) is 7.31. The SMILES string of the molecule is O=C(COC(=O)/C=C/c1c(Cl)cccc1Cl)NCCc1cccs1. The first-order valence-corrected chi connectivity index (χ1v) is 8.78. The summed E-state index contributed by atoms with van der Waals surface area (Å²) in [5.74, 6) is -0.983. The van der Waals surface area contributed by atoms with Crippen LogP contribution in [0.15, 0.2) is 41.8 Å². The molecule has 7 heteroatoms. The van der Waals surface area contributed by atoms with Gasteiger partial charge < -0.3 is 10.1 Å². The molecule has 1 amide bonds. The van der Waals surface area contributed by atoms with Gasteiger partial charge in [0.25, 0.3) is 5.91 Å². The highest BCUT2D eigenvalue weighted by Crippen LogP contribution is 2.25. The second-order valence-corrected chi connectivity index (χ2v) is 6.60. The molecule has 0 bridgehead atoms. The topological polar surface area (TPSA) is 55.4 Å². The number of benzene rings is 1. The van der Waals surface area contributed by atoms with Gasteiger partial charge in [-0.15, -0.1) is 11.3 Å². The smallest absolute Gasteiger partial charge is 0.331 e. The lowest BCUT2D eigenvalue weighted by molar-refractivity contribution is -0.143. The number of carbonyl (C=O) groups is 2. The maximum atomic E-state index is 11.6. The number of carbonyl (C=O) groups excluding carboxylic acids is 2. The number of thiophene rings is 1. The first-order chi connectivity index (χ1) is 11.6. The highest BCUT2D eigenvalue weighted by atomic mass is 35.5. The van der Waals surface area contributed by atoms with Crippen LogP contribution in [0.25, 0.3) is 6.08 Å². The van der Waals surface area contributed by atoms with Gasteiger partial charge in [-0.25, -0.2) is 4.79 Å². The number of hydrogen-bond acceptors (Lipinski definition) is 4. The van der Waals surface area contributed by atoms with Crippen molar-refractivity contribution in [2.24, 2.45) is 0 Å². The van der Waals surface area contributed by atoms with Crippen LogP contribution in [0.2, 0.25) is 10.0 Å². The molecule has 0 aliphatic carbocycles. The lowest BCUT2D eigenvalue weighted by atomic mass is 10.2. The highest BCUT2D eigenvalue weighted by molar-refractivity contribution is 7.09. The first-order valence-electron chi connectivity index (χ1n) is 7.14. The molecule has 0 atom stereocenters. The maximum Gasteiger partial charge on any atom is 0.331 e. The Morgan fingerprint density at radius 2 is 1.92 bits per heavy atom. The zero-order chi connectivity index (χ0) is 17.4. The molecule has 2 aromatic rings. The minimum atomic E-state index is -0.639. The summed E-state index contributed by atoms with van der Waals surface area (Å²) in [6.07, 6.45) is 3.40. The molecule has 0 spiro atoms. The Bertz CT molecular complexity index is 709. The van der Waals surface area contributed by atoms with E-state index in [0.29, 0.717) is 22.2 Å². The molecule has 1 aromatic carbocycles. The zero-order valence-corrected chi connectivity index (χ0v) is 15.0. The molecule has 0 radical (unpaired) electrons. The normalized spacial score (nSPS) is 10.8. The van der Waals surface area contributed by atoms with Crippen molar-refractivity contribution in [3.05, 3.63) is 62.3 Å². The molecular formula is C17H15Cl2NO3S. The lowest BCUT2D eigenvalue weighted by Gasteiger charge is -2.05. The van der Waals surface area contributed by atoms with E-state index in [1.165, 1.54) is 17.0 Å². The molecule has 0 fully saturated rings. The van der Waals surface area contributed by atoms with Crippen LogP contribution in [-0.4, -0.2) is 25.0 Å². The second-order valence-electron chi connectivity index (χ2n) is 4.76. The molecule has 1 heterocycles. The summed E-state index contributed by atoms with van der Waals surface area (Å²) in [5.41, 5.74) is 0.526. The van der Waals surface area contributed by atoms with Gasteiger partial charge in [-0.3, -0.25) is 4.79 Å². The van der Waals surface area contributed by atoms with E-state index in [4.69, 9.17) is 27.9 Å². The van der Waals surface area contributed by atoms with Gasteiger partial charge in [0.1, 0.15) is 0 Å². The Morgan fingerprint density at radius 1 is 1.17 bits per heavy atom. The van der Waals surface area contributed by atoms with Crippen LogP contribution in [0, 0.1) is 0 Å². The molecule has 1 N–H and O–H groups in total. The van der Waals surface area contributed by atoms with Crippen LogP contribution in [0.3, 0.4) is 0 Å². The molecular weight excluding hydrogens is 369 g/mol. The largest absolute Gasteiger partial charge is 0.452 e. The first kappa shape index (κ1) is 18.5. The van der Waals surface area contributed by atoms with Crippen LogP contribution in [0.4, 0.5) is 0 Å². The van der Waals surface area contributed by atoms with Gasteiger partial charge in [0, 0.05) is 33.1 Å². The van der Waals surface area contributed by atoms with Gasteiger partial charge in [0.15, 0.2) is 6.61 Å². The molecule has 0 aliphatic rings. The highest BCUT2D eigenvalue weighted by Gasteiger charge is 2.06. The predicted molar refractivity (Wildman–Crippen MR) is 97.5 cm³/mol. The maximum absolute atomic E-state index is 11.6. The summed E-state index contributed by atoms with van der Waals surface area (Å²) >= 11 is 13.6. The molecule has 1 aromatic heterocycles. The Labute approximate surface area is 154 Å². The van der Waals surface area contributed by atoms with Crippen LogP contribution < -0.4 is 5.32 Å². The third-order valence-electron chi connectivity index (χ3n) is 3.00. The van der Waals surface area contributed by atoms with Crippen molar-refractivity contribution >= 4 is 52.5 Å². The summed E-state index contributed by atoms with van der Waals surface area (Å²) in [6.45, 7) is 0.172. The average Bonchev–Trinajstić information content (AvgIpc) is 3.06. The quantitative estimate of drug-likeness (QED) is 0.581. The summed E-state index contributed by atoms with van der Waals surface area (Å²) in [7, 11) is 0. The van der Waals surface area contributed by atoms with Crippen molar-refractivity contribution in [1.82, 2.24) is 5.32 Å². The van der Waals surface area contributed by atoms with Crippen molar-refractivity contribution in [2.45, 2.75) is 6.42 Å². The average molecular weight is 384 g/mol. The molecule has 0 unspecified atom stereocenters. The van der Waals surface area contributed by atoms with E-state index < -0.39 is 5.97 Å². The van der Waals surface area contributed by atoms with Gasteiger partial charge >= 0.3 is 5.97 Å². The summed E-state index contributed by atoms with van der Waals surface area (Å²) < 4.78 is 4.87. The van der Waals surface area contributed by atoms with Gasteiger partial charge in [-0.2, -0.15) is 0 Å². The summed E-state index contributed by atoms with van der Waals surface area (Å²) in [5, 5.41) is 5.53. The molecule has 0 saturated heterocycles. The number of hydrogen-bond donors (Lipinski definition) is 1. The van der Waals surface area contributed by atoms with Crippen molar-refractivity contribution in [3.8, 4) is 0 Å². The lowest BCUT2D eigenvalue weighted by Crippen LogP contribution is -2.30. The van der Waals surface area contributed by atoms with Crippen LogP contribution in [-0.2, 0) is 20.7 Å². The molecule has 0 saturated carbocycles. The second kappa shape index (κ2) is 9.47. The Balaban J connectivity index is 1.72. The van der Waals surface area contributed by atoms with E-state index in [2.05, 4.69) is 5.32 Å². The van der Waals surface area contributed by atoms with E-state index in [0.717, 1.165) is 6.42 Å². The Morgan fingerprint density at radius 3 is 2.58 bits per heavy atom. The van der Waals surface area contributed by atoms with E-state index in [1.807, 2.05) is 17.5 Å². The fraction of sp³-hybridized carbons (Fsp3) is 0.176. The van der Waals surface area contributed by atoms with Gasteiger partial charge in [0.2, 0.25) is 0 Å². The van der Waals surface area contributed by atoms with Crippen LogP contribution >= 0.6 is 34.5 Å². The summed E-state index contributed by atoms with van der Waals surface area (Å²) in [4.78, 5) is 24.4. The van der Waals surface area contributed by atoms with E-state index >= 15 is 0 Å². The number of nitrogens with one attached hydrogen (secondary N) is 1. The molecule has 0 aliphatic heterocycles. The summed E-state index contributed by atoms with van der Waals surface area (Å²) in [6, 6.07) is 9.00. The van der Waals surface area contributed by atoms with E-state index in [9.17, 15) is 9.59 Å². The molecule has 126 valence electrons. The minimum Gasteiger partial charge on any atom is -0.452 e. The fourth-order valence-corrected chi connectivity index (χ4v) is 3.07. The predicted octanol–water partition coefficient (Wildman–Crippen LogP) is 3.97. The molecule has 24 heavy (non-hydrogen) atoms. The Hall–Kier alpha value is -1.82. The van der Waals surface area contributed by atoms with Crippen molar-refractivity contribution in [2.75, 3.05) is 13.2 Å². The third-order valence-corrected chi connectivity index (χ3v) is 4.60. The van der Waals surface area contributed by atoms with Gasteiger partial charge in [-0.05, 0) is 36.1 Å². The third kappa shape index (κ3) is 6.00. The minimum absolute atomic E-state index is 0.329. The van der Waals surface area contributed by atoms with Gasteiger partial charge in [0.05, 0.1) is 0 Å². The van der Waals surface area contributed by atoms with Crippen LogP contribution in [0.5, 0.6) is 0 Å². The number of amides is 1. The number of halogens is 2. The number of ether oxygens (including phenoxy) is 1. The van der Waals surface area contributed by atoms with Crippen molar-refractivity contribution in [3.63, 3.8) is 0 Å². The number of esters is 1. The molecule has 2 rings (SSSR count). The van der Waals surface area contributed by atoms with E-state index in [1.54, 1.807) is 29.5 Å².